The molecule has 2 bridgehead atoms. The third-order valence-electron chi connectivity index (χ3n) is 7.60. The molecule has 0 radical (unpaired) electrons. The van der Waals surface area contributed by atoms with Crippen LogP contribution in [0.5, 0.6) is 0 Å². The molecule has 0 heterocycles. The molecule has 4 heteroatoms. The van der Waals surface area contributed by atoms with Crippen molar-refractivity contribution in [3.8, 4) is 0 Å². The van der Waals surface area contributed by atoms with Gasteiger partial charge in [-0.2, -0.15) is 13.2 Å². The van der Waals surface area contributed by atoms with Gasteiger partial charge in [-0.05, 0) is 58.9 Å². The lowest BCUT2D eigenvalue weighted by atomic mass is 9.63. The second kappa shape index (κ2) is 5.84. The number of rotatable bonds is 3. The van der Waals surface area contributed by atoms with E-state index in [1.807, 2.05) is 42.5 Å². The lowest BCUT2D eigenvalue weighted by Gasteiger charge is -2.39. The van der Waals surface area contributed by atoms with Crippen LogP contribution < -0.4 is 0 Å². The van der Waals surface area contributed by atoms with Gasteiger partial charge < -0.3 is 0 Å². The third-order valence-corrected chi connectivity index (χ3v) is 7.60. The van der Waals surface area contributed by atoms with Crippen LogP contribution in [-0.2, 0) is 11.6 Å². The Morgan fingerprint density at radius 1 is 0.867 bits per heavy atom. The number of hydrogen-bond acceptors (Lipinski definition) is 1. The fraction of sp³-hybridized carbons (Fsp3) is 0.269. The fourth-order valence-electron chi connectivity index (χ4n) is 6.53. The molecule has 0 saturated heterocycles. The van der Waals surface area contributed by atoms with Crippen LogP contribution in [0.25, 0.3) is 0 Å². The standard InChI is InChI=1S/C26H19F3O/c27-26(28,29)17-12-10-15(11-13-17)22-19-14-21-23(22)25(21,20-9-5-4-8-18(19)20)24(30)16-6-2-1-3-7-16/h1-13,19,21-23H,14H2/t19-,21-,22+,23?,25?/m1/s1. The van der Waals surface area contributed by atoms with E-state index < -0.39 is 17.2 Å². The first-order chi connectivity index (χ1) is 14.4. The second-order valence-corrected chi connectivity index (χ2v) is 8.77. The van der Waals surface area contributed by atoms with E-state index in [9.17, 15) is 18.0 Å². The quantitative estimate of drug-likeness (QED) is 0.465. The molecule has 5 atom stereocenters. The number of benzene rings is 3. The highest BCUT2D eigenvalue weighted by Crippen LogP contribution is 2.80. The van der Waals surface area contributed by atoms with Crippen molar-refractivity contribution >= 4 is 5.78 Å². The van der Waals surface area contributed by atoms with E-state index in [0.29, 0.717) is 5.56 Å². The van der Waals surface area contributed by atoms with Gasteiger partial charge in [0.15, 0.2) is 5.78 Å². The van der Waals surface area contributed by atoms with Crippen LogP contribution in [0, 0.1) is 11.8 Å². The van der Waals surface area contributed by atoms with Gasteiger partial charge in [-0.15, -0.1) is 0 Å². The molecule has 2 unspecified atom stereocenters. The largest absolute Gasteiger partial charge is 0.416 e. The molecule has 2 fully saturated rings. The first kappa shape index (κ1) is 17.9. The molecule has 3 aliphatic carbocycles. The van der Waals surface area contributed by atoms with E-state index in [4.69, 9.17) is 0 Å². The molecule has 150 valence electrons. The summed E-state index contributed by atoms with van der Waals surface area (Å²) in [6.07, 6.45) is -3.42. The Morgan fingerprint density at radius 3 is 2.23 bits per heavy atom. The Labute approximate surface area is 172 Å². The molecule has 0 amide bonds. The minimum Gasteiger partial charge on any atom is -0.293 e. The summed E-state index contributed by atoms with van der Waals surface area (Å²) in [6, 6.07) is 23.2. The lowest BCUT2D eigenvalue weighted by molar-refractivity contribution is -0.137. The SMILES string of the molecule is O=C(c1ccccc1)C12c3ccccc3[C@H]3C[C@@H]1C2[C@H]3c1ccc(C(F)(F)F)cc1. The number of carbonyl (C=O) groups excluding carboxylic acids is 1. The van der Waals surface area contributed by atoms with Gasteiger partial charge in [0.25, 0.3) is 0 Å². The normalized spacial score (nSPS) is 30.6. The first-order valence-electron chi connectivity index (χ1n) is 10.3. The molecule has 3 aromatic rings. The zero-order chi connectivity index (χ0) is 20.7. The molecular weight excluding hydrogens is 385 g/mol. The van der Waals surface area contributed by atoms with E-state index in [0.717, 1.165) is 17.5 Å². The van der Waals surface area contributed by atoms with Gasteiger partial charge in [-0.3, -0.25) is 4.79 Å². The van der Waals surface area contributed by atoms with Crippen LogP contribution in [0.15, 0.2) is 78.9 Å². The zero-order valence-corrected chi connectivity index (χ0v) is 16.1. The van der Waals surface area contributed by atoms with Gasteiger partial charge in [-0.1, -0.05) is 66.7 Å². The lowest BCUT2D eigenvalue weighted by Crippen LogP contribution is -2.36. The van der Waals surface area contributed by atoms with Crippen LogP contribution in [0.4, 0.5) is 13.2 Å². The van der Waals surface area contributed by atoms with E-state index in [2.05, 4.69) is 12.1 Å². The minimum atomic E-state index is -4.34. The van der Waals surface area contributed by atoms with E-state index >= 15 is 0 Å². The highest BCUT2D eigenvalue weighted by atomic mass is 19.4. The average molecular weight is 404 g/mol. The Kier molecular flexibility index (Phi) is 3.49. The molecular formula is C26H19F3O. The number of carbonyl (C=O) groups is 1. The van der Waals surface area contributed by atoms with E-state index in [1.165, 1.54) is 17.7 Å². The summed E-state index contributed by atoms with van der Waals surface area (Å²) in [5, 5.41) is 0. The summed E-state index contributed by atoms with van der Waals surface area (Å²) in [4.78, 5) is 13.8. The minimum absolute atomic E-state index is 0.0832. The Balaban J connectivity index is 1.47. The maximum Gasteiger partial charge on any atom is 0.416 e. The van der Waals surface area contributed by atoms with Crippen molar-refractivity contribution in [2.24, 2.45) is 11.8 Å². The predicted molar refractivity (Wildman–Crippen MR) is 107 cm³/mol. The van der Waals surface area contributed by atoms with Crippen molar-refractivity contribution in [2.45, 2.75) is 29.8 Å². The number of hydrogen-bond donors (Lipinski definition) is 0. The predicted octanol–water partition coefficient (Wildman–Crippen LogP) is 6.36. The molecule has 3 aliphatic rings. The van der Waals surface area contributed by atoms with Gasteiger partial charge >= 0.3 is 6.18 Å². The summed E-state index contributed by atoms with van der Waals surface area (Å²) >= 11 is 0. The highest BCUT2D eigenvalue weighted by molar-refractivity contribution is 6.08. The third kappa shape index (κ3) is 2.17. The van der Waals surface area contributed by atoms with Crippen molar-refractivity contribution in [1.82, 2.24) is 0 Å². The van der Waals surface area contributed by atoms with Crippen LogP contribution in [0.2, 0.25) is 0 Å². The number of halogens is 3. The molecule has 2 saturated carbocycles. The van der Waals surface area contributed by atoms with Crippen LogP contribution in [0.1, 0.15) is 50.9 Å². The van der Waals surface area contributed by atoms with Crippen molar-refractivity contribution in [3.63, 3.8) is 0 Å². The summed E-state index contributed by atoms with van der Waals surface area (Å²) in [5.41, 5.74) is 2.78. The van der Waals surface area contributed by atoms with Crippen LogP contribution >= 0.6 is 0 Å². The second-order valence-electron chi connectivity index (χ2n) is 8.77. The average Bonchev–Trinajstić information content (AvgIpc) is 3.30. The Hall–Kier alpha value is -2.88. The maximum atomic E-state index is 13.8. The molecule has 0 aliphatic heterocycles. The number of alkyl halides is 3. The molecule has 1 nitrogen and oxygen atoms in total. The maximum absolute atomic E-state index is 13.8. The Bertz CT molecular complexity index is 1150. The monoisotopic (exact) mass is 404 g/mol. The van der Waals surface area contributed by atoms with Crippen molar-refractivity contribution < 1.29 is 18.0 Å². The molecule has 0 aromatic heterocycles. The molecule has 0 spiro atoms. The molecule has 3 aromatic carbocycles. The molecule has 0 N–H and O–H groups in total. The van der Waals surface area contributed by atoms with Gasteiger partial charge in [-0.25, -0.2) is 0 Å². The number of Topliss-reactive ketones (excluding diaryl/α,β-unsaturated/α-hetero) is 1. The molecule has 6 rings (SSSR count). The van der Waals surface area contributed by atoms with Crippen molar-refractivity contribution in [1.29, 1.82) is 0 Å². The summed E-state index contributed by atoms with van der Waals surface area (Å²) < 4.78 is 39.1. The Morgan fingerprint density at radius 2 is 1.53 bits per heavy atom. The van der Waals surface area contributed by atoms with Crippen molar-refractivity contribution in [3.05, 3.63) is 107 Å². The molecule has 30 heavy (non-hydrogen) atoms. The first-order valence-corrected chi connectivity index (χ1v) is 10.3. The van der Waals surface area contributed by atoms with E-state index in [1.54, 1.807) is 12.1 Å². The van der Waals surface area contributed by atoms with Crippen LogP contribution in [-0.4, -0.2) is 5.78 Å². The van der Waals surface area contributed by atoms with Gasteiger partial charge in [0.1, 0.15) is 0 Å². The summed E-state index contributed by atoms with van der Waals surface area (Å²) in [6.45, 7) is 0. The van der Waals surface area contributed by atoms with Gasteiger partial charge in [0.05, 0.1) is 11.0 Å². The fourth-order valence-corrected chi connectivity index (χ4v) is 6.53. The topological polar surface area (TPSA) is 17.1 Å². The van der Waals surface area contributed by atoms with Crippen molar-refractivity contribution in [2.75, 3.05) is 0 Å². The number of ketones is 1. The van der Waals surface area contributed by atoms with Gasteiger partial charge in [0, 0.05) is 5.56 Å². The number of fused-ring (bicyclic) bond motifs is 5. The van der Waals surface area contributed by atoms with Crippen LogP contribution in [0.3, 0.4) is 0 Å². The summed E-state index contributed by atoms with van der Waals surface area (Å²) in [5.74, 6) is 0.915. The highest BCUT2D eigenvalue weighted by Gasteiger charge is 2.79. The van der Waals surface area contributed by atoms with Gasteiger partial charge in [0.2, 0.25) is 0 Å². The van der Waals surface area contributed by atoms with E-state index in [-0.39, 0.29) is 29.5 Å². The summed E-state index contributed by atoms with van der Waals surface area (Å²) in [7, 11) is 0. The smallest absolute Gasteiger partial charge is 0.293 e. The zero-order valence-electron chi connectivity index (χ0n) is 16.1.